The zero-order valence-electron chi connectivity index (χ0n) is 14.3. The Morgan fingerprint density at radius 1 is 1.35 bits per heavy atom. The average Bonchev–Trinajstić information content (AvgIpc) is 2.95. The molecule has 5 N–H and O–H groups in total. The van der Waals surface area contributed by atoms with Crippen LogP contribution < -0.4 is 11.1 Å². The molecule has 136 valence electrons. The molecule has 1 aliphatic rings. The lowest BCUT2D eigenvalue weighted by molar-refractivity contribution is 0.157. The molecular formula is C18H20ClN5O2. The molecule has 3 atom stereocenters. The van der Waals surface area contributed by atoms with Crippen molar-refractivity contribution in [2.45, 2.75) is 31.9 Å². The lowest BCUT2D eigenvalue weighted by Gasteiger charge is -2.18. The average molecular weight is 374 g/mol. The van der Waals surface area contributed by atoms with Crippen LogP contribution in [0.3, 0.4) is 0 Å². The number of rotatable bonds is 3. The number of aliphatic hydroxyl groups is 2. The fraction of sp³-hybridized carbons (Fsp3) is 0.389. The van der Waals surface area contributed by atoms with Gasteiger partial charge in [-0.15, -0.1) is 0 Å². The first kappa shape index (κ1) is 18.4. The molecule has 0 spiro atoms. The molecular weight excluding hydrogens is 354 g/mol. The number of hydrogen-bond donors (Lipinski definition) is 4. The highest BCUT2D eigenvalue weighted by atomic mass is 35.5. The molecule has 0 aliphatic heterocycles. The second-order valence-corrected chi connectivity index (χ2v) is 6.73. The fourth-order valence-corrected chi connectivity index (χ4v) is 3.21. The van der Waals surface area contributed by atoms with Crippen LogP contribution in [0.5, 0.6) is 0 Å². The van der Waals surface area contributed by atoms with E-state index >= 15 is 0 Å². The van der Waals surface area contributed by atoms with Crippen LogP contribution in [-0.2, 0) is 0 Å². The number of nitrogen functional groups attached to an aromatic ring is 1. The monoisotopic (exact) mass is 373 g/mol. The molecule has 2 heterocycles. The summed E-state index contributed by atoms with van der Waals surface area (Å²) >= 11 is 6.23. The van der Waals surface area contributed by atoms with Crippen molar-refractivity contribution >= 4 is 23.4 Å². The van der Waals surface area contributed by atoms with E-state index in [0.29, 0.717) is 24.2 Å². The third-order valence-electron chi connectivity index (χ3n) is 4.45. The van der Waals surface area contributed by atoms with E-state index in [1.54, 1.807) is 12.4 Å². The van der Waals surface area contributed by atoms with E-state index in [1.807, 2.05) is 13.0 Å². The number of aromatic nitrogens is 3. The molecule has 3 rings (SSSR count). The van der Waals surface area contributed by atoms with Crippen LogP contribution in [0.2, 0.25) is 5.15 Å². The van der Waals surface area contributed by atoms with E-state index in [1.165, 1.54) is 0 Å². The van der Waals surface area contributed by atoms with Crippen molar-refractivity contribution < 1.29 is 10.2 Å². The molecule has 0 aromatic carbocycles. The topological polar surface area (TPSA) is 117 Å². The smallest absolute Gasteiger partial charge is 0.223 e. The van der Waals surface area contributed by atoms with Crippen molar-refractivity contribution in [2.75, 3.05) is 17.7 Å². The Morgan fingerprint density at radius 3 is 2.85 bits per heavy atom. The lowest BCUT2D eigenvalue weighted by atomic mass is 10.1. The highest BCUT2D eigenvalue weighted by molar-refractivity contribution is 6.31. The number of aryl methyl sites for hydroxylation is 1. The predicted molar refractivity (Wildman–Crippen MR) is 99.6 cm³/mol. The molecule has 8 heteroatoms. The normalized spacial score (nSPS) is 21.9. The van der Waals surface area contributed by atoms with Crippen molar-refractivity contribution in [3.63, 3.8) is 0 Å². The largest absolute Gasteiger partial charge is 0.396 e. The summed E-state index contributed by atoms with van der Waals surface area (Å²) in [6.45, 7) is 1.98. The van der Waals surface area contributed by atoms with Crippen LogP contribution in [0.1, 0.15) is 29.5 Å². The molecule has 0 radical (unpaired) electrons. The molecule has 0 unspecified atom stereocenters. The summed E-state index contributed by atoms with van der Waals surface area (Å²) in [4.78, 5) is 12.2. The summed E-state index contributed by atoms with van der Waals surface area (Å²) in [5.74, 6) is 6.45. The molecule has 1 saturated carbocycles. The highest BCUT2D eigenvalue weighted by Gasteiger charge is 2.33. The molecule has 0 saturated heterocycles. The third kappa shape index (κ3) is 4.05. The standard InChI is InChI=1S/C18H20ClN5O2/c1-10-4-5-21-8-12(10)2-3-13-16(19)23-18(20)24-17(13)22-14-6-11(9-25)7-15(14)26/h4-5,8,11,14-15,25-26H,6-7,9H2,1H3,(H3,20,22,23,24)/t11-,14+,15+/m0/s1. The van der Waals surface area contributed by atoms with Gasteiger partial charge < -0.3 is 21.3 Å². The summed E-state index contributed by atoms with van der Waals surface area (Å²) in [6, 6.07) is 1.60. The molecule has 0 amide bonds. The maximum atomic E-state index is 10.2. The van der Waals surface area contributed by atoms with E-state index in [4.69, 9.17) is 17.3 Å². The second kappa shape index (κ2) is 7.87. The number of nitrogens with one attached hydrogen (secondary N) is 1. The van der Waals surface area contributed by atoms with Crippen molar-refractivity contribution in [1.29, 1.82) is 0 Å². The van der Waals surface area contributed by atoms with Gasteiger partial charge >= 0.3 is 0 Å². The van der Waals surface area contributed by atoms with Crippen molar-refractivity contribution in [3.05, 3.63) is 40.3 Å². The van der Waals surface area contributed by atoms with Crippen molar-refractivity contribution in [1.82, 2.24) is 15.0 Å². The number of aliphatic hydroxyl groups excluding tert-OH is 2. The first-order valence-electron chi connectivity index (χ1n) is 8.29. The van der Waals surface area contributed by atoms with Crippen molar-refractivity contribution in [3.8, 4) is 11.8 Å². The fourth-order valence-electron chi connectivity index (χ4n) is 2.99. The van der Waals surface area contributed by atoms with Crippen LogP contribution in [0.4, 0.5) is 11.8 Å². The summed E-state index contributed by atoms with van der Waals surface area (Å²) in [6.07, 6.45) is 3.93. The zero-order chi connectivity index (χ0) is 18.7. The third-order valence-corrected chi connectivity index (χ3v) is 4.72. The Morgan fingerprint density at radius 2 is 2.15 bits per heavy atom. The predicted octanol–water partition coefficient (Wildman–Crippen LogP) is 1.36. The maximum Gasteiger partial charge on any atom is 0.223 e. The van der Waals surface area contributed by atoms with E-state index in [-0.39, 0.29) is 29.7 Å². The summed E-state index contributed by atoms with van der Waals surface area (Å²) in [5.41, 5.74) is 7.88. The molecule has 1 fully saturated rings. The minimum absolute atomic E-state index is 0.0202. The van der Waals surface area contributed by atoms with E-state index in [0.717, 1.165) is 11.1 Å². The van der Waals surface area contributed by atoms with Gasteiger partial charge in [0.2, 0.25) is 5.95 Å². The van der Waals surface area contributed by atoms with Crippen LogP contribution >= 0.6 is 11.6 Å². The van der Waals surface area contributed by atoms with Gasteiger partial charge in [-0.25, -0.2) is 0 Å². The molecule has 7 nitrogen and oxygen atoms in total. The molecule has 2 aromatic heterocycles. The Balaban J connectivity index is 1.93. The van der Waals surface area contributed by atoms with Gasteiger partial charge in [-0.05, 0) is 37.3 Å². The Labute approximate surface area is 156 Å². The molecule has 2 aromatic rings. The van der Waals surface area contributed by atoms with Gasteiger partial charge in [0.25, 0.3) is 0 Å². The van der Waals surface area contributed by atoms with Crippen LogP contribution in [-0.4, -0.2) is 43.9 Å². The van der Waals surface area contributed by atoms with Gasteiger partial charge in [0.15, 0.2) is 5.15 Å². The minimum atomic E-state index is -0.594. The first-order chi connectivity index (χ1) is 12.5. The van der Waals surface area contributed by atoms with Gasteiger partial charge in [0.1, 0.15) is 11.4 Å². The van der Waals surface area contributed by atoms with E-state index in [2.05, 4.69) is 32.1 Å². The molecule has 26 heavy (non-hydrogen) atoms. The number of pyridine rings is 1. The van der Waals surface area contributed by atoms with Gasteiger partial charge in [0, 0.05) is 24.6 Å². The number of hydrogen-bond acceptors (Lipinski definition) is 7. The first-order valence-corrected chi connectivity index (χ1v) is 8.66. The SMILES string of the molecule is Cc1ccncc1C#Cc1c(Cl)nc(N)nc1N[C@@H]1C[C@H](CO)C[C@H]1O. The Bertz CT molecular complexity index is 864. The number of nitrogens with zero attached hydrogens (tertiary/aromatic N) is 3. The zero-order valence-corrected chi connectivity index (χ0v) is 15.0. The summed E-state index contributed by atoms with van der Waals surface area (Å²) in [5, 5.41) is 22.8. The van der Waals surface area contributed by atoms with E-state index < -0.39 is 6.10 Å². The number of halogens is 1. The van der Waals surface area contributed by atoms with E-state index in [9.17, 15) is 10.2 Å². The summed E-state index contributed by atoms with van der Waals surface area (Å²) < 4.78 is 0. The van der Waals surface area contributed by atoms with Crippen molar-refractivity contribution in [2.24, 2.45) is 5.92 Å². The van der Waals surface area contributed by atoms with Gasteiger partial charge in [-0.3, -0.25) is 4.98 Å². The highest BCUT2D eigenvalue weighted by Crippen LogP contribution is 2.30. The molecule has 1 aliphatic carbocycles. The lowest BCUT2D eigenvalue weighted by Crippen LogP contribution is -2.29. The second-order valence-electron chi connectivity index (χ2n) is 6.38. The molecule has 0 bridgehead atoms. The summed E-state index contributed by atoms with van der Waals surface area (Å²) in [7, 11) is 0. The maximum absolute atomic E-state index is 10.2. The number of nitrogens with two attached hydrogens (primary N) is 1. The quantitative estimate of drug-likeness (QED) is 0.474. The van der Waals surface area contributed by atoms with Gasteiger partial charge in [-0.1, -0.05) is 23.4 Å². The van der Waals surface area contributed by atoms with Crippen LogP contribution in [0.25, 0.3) is 0 Å². The van der Waals surface area contributed by atoms with Gasteiger partial charge in [-0.2, -0.15) is 9.97 Å². The van der Waals surface area contributed by atoms with Crippen LogP contribution in [0, 0.1) is 24.7 Å². The van der Waals surface area contributed by atoms with Crippen LogP contribution in [0.15, 0.2) is 18.5 Å². The Hall–Kier alpha value is -2.40. The van der Waals surface area contributed by atoms with Gasteiger partial charge in [0.05, 0.1) is 12.1 Å². The minimum Gasteiger partial charge on any atom is -0.396 e. The Kier molecular flexibility index (Phi) is 5.57. The number of anilines is 2.